The lowest BCUT2D eigenvalue weighted by atomic mass is 10.1. The van der Waals surface area contributed by atoms with Crippen molar-refractivity contribution in [3.05, 3.63) is 45.4 Å². The first-order chi connectivity index (χ1) is 11.5. The predicted octanol–water partition coefficient (Wildman–Crippen LogP) is 4.69. The van der Waals surface area contributed by atoms with Crippen LogP contribution in [-0.2, 0) is 9.53 Å². The van der Waals surface area contributed by atoms with Gasteiger partial charge in [0.05, 0.1) is 25.0 Å². The minimum absolute atomic E-state index is 0.319. The summed E-state index contributed by atoms with van der Waals surface area (Å²) in [5, 5.41) is 0.700. The van der Waals surface area contributed by atoms with Gasteiger partial charge in [-0.25, -0.2) is 9.78 Å². The highest BCUT2D eigenvalue weighted by Gasteiger charge is 2.20. The fraction of sp³-hybridized carbons (Fsp3) is 0.368. The highest BCUT2D eigenvalue weighted by Crippen LogP contribution is 2.30. The average molecular weight is 345 g/mol. The van der Waals surface area contributed by atoms with E-state index in [1.807, 2.05) is 37.3 Å². The minimum Gasteiger partial charge on any atom is -0.497 e. The molecule has 0 radical (unpaired) electrons. The maximum atomic E-state index is 12.4. The number of esters is 1. The minimum atomic E-state index is -0.350. The van der Waals surface area contributed by atoms with Gasteiger partial charge in [0, 0.05) is 4.88 Å². The van der Waals surface area contributed by atoms with Crippen LogP contribution in [0.25, 0.3) is 11.6 Å². The third-order valence-corrected chi connectivity index (χ3v) is 4.55. The Balaban J connectivity index is 2.45. The molecular formula is C19H23NO3S. The van der Waals surface area contributed by atoms with Crippen LogP contribution in [0.15, 0.2) is 24.3 Å². The lowest BCUT2D eigenvalue weighted by Gasteiger charge is -2.05. The smallest absolute Gasteiger partial charge is 0.341 e. The molecule has 0 N–H and O–H groups in total. The quantitative estimate of drug-likeness (QED) is 0.563. The molecule has 1 heterocycles. The summed E-state index contributed by atoms with van der Waals surface area (Å²) in [6.07, 6.45) is 1.82. The molecule has 0 atom stereocenters. The van der Waals surface area contributed by atoms with E-state index in [1.165, 1.54) is 11.3 Å². The lowest BCUT2D eigenvalue weighted by molar-refractivity contribution is -0.136. The number of rotatable bonds is 6. The van der Waals surface area contributed by atoms with Gasteiger partial charge in [0.1, 0.15) is 10.8 Å². The van der Waals surface area contributed by atoms with E-state index in [-0.39, 0.29) is 5.97 Å². The number of hydrogen-bond donors (Lipinski definition) is 0. The number of aromatic nitrogens is 1. The molecule has 128 valence electrons. The number of ether oxygens (including phenoxy) is 2. The van der Waals surface area contributed by atoms with Crippen LogP contribution in [0.5, 0.6) is 5.75 Å². The summed E-state index contributed by atoms with van der Waals surface area (Å²) in [5.74, 6) is 0.744. The monoisotopic (exact) mass is 345 g/mol. The maximum absolute atomic E-state index is 12.4. The van der Waals surface area contributed by atoms with Gasteiger partial charge in [0.15, 0.2) is 0 Å². The Morgan fingerprint density at radius 2 is 1.96 bits per heavy atom. The highest BCUT2D eigenvalue weighted by atomic mass is 32.1. The molecule has 0 amide bonds. The molecule has 4 nitrogen and oxygen atoms in total. The van der Waals surface area contributed by atoms with Crippen molar-refractivity contribution in [2.45, 2.75) is 33.6 Å². The Morgan fingerprint density at radius 1 is 1.29 bits per heavy atom. The molecule has 0 aliphatic carbocycles. The van der Waals surface area contributed by atoms with Crippen LogP contribution in [0.4, 0.5) is 0 Å². The zero-order chi connectivity index (χ0) is 17.7. The molecule has 1 aromatic heterocycles. The summed E-state index contributed by atoms with van der Waals surface area (Å²) in [5.41, 5.74) is 2.42. The summed E-state index contributed by atoms with van der Waals surface area (Å²) in [7, 11) is 1.63. The van der Waals surface area contributed by atoms with E-state index in [9.17, 15) is 4.79 Å². The van der Waals surface area contributed by atoms with E-state index in [0.29, 0.717) is 23.1 Å². The second-order valence-electron chi connectivity index (χ2n) is 5.67. The van der Waals surface area contributed by atoms with Gasteiger partial charge in [0.2, 0.25) is 0 Å². The summed E-state index contributed by atoms with van der Waals surface area (Å²) in [6, 6.07) is 7.53. The third-order valence-electron chi connectivity index (χ3n) is 3.53. The molecule has 2 rings (SSSR count). The van der Waals surface area contributed by atoms with Crippen molar-refractivity contribution in [3.63, 3.8) is 0 Å². The van der Waals surface area contributed by atoms with Gasteiger partial charge in [0.25, 0.3) is 0 Å². The molecule has 5 heteroatoms. The van der Waals surface area contributed by atoms with Crippen LogP contribution in [0.3, 0.4) is 0 Å². The van der Waals surface area contributed by atoms with Crippen LogP contribution in [0.2, 0.25) is 0 Å². The van der Waals surface area contributed by atoms with Crippen molar-refractivity contribution in [3.8, 4) is 5.75 Å². The number of carbonyl (C=O) groups excluding carboxylic acids is 1. The standard InChI is InChI=1S/C19H23NO3S/c1-6-23-19(21)16(11-14-7-9-15(22-5)10-8-14)18-20-17(12(2)3)13(4)24-18/h7-12H,6H2,1-5H3/b16-11+. The molecule has 0 spiro atoms. The Kier molecular flexibility index (Phi) is 6.15. The zero-order valence-electron chi connectivity index (χ0n) is 14.8. The van der Waals surface area contributed by atoms with Crippen LogP contribution in [-0.4, -0.2) is 24.7 Å². The lowest BCUT2D eigenvalue weighted by Crippen LogP contribution is -2.07. The normalized spacial score (nSPS) is 11.7. The van der Waals surface area contributed by atoms with Gasteiger partial charge >= 0.3 is 5.97 Å². The molecule has 1 aromatic carbocycles. The van der Waals surface area contributed by atoms with Gasteiger partial charge < -0.3 is 9.47 Å². The van der Waals surface area contributed by atoms with Crippen LogP contribution in [0.1, 0.15) is 47.8 Å². The molecule has 0 aliphatic rings. The predicted molar refractivity (Wildman–Crippen MR) is 98.4 cm³/mol. The Labute approximate surface area is 147 Å². The molecule has 0 unspecified atom stereocenters. The average Bonchev–Trinajstić information content (AvgIpc) is 2.95. The highest BCUT2D eigenvalue weighted by molar-refractivity contribution is 7.13. The molecule has 0 bridgehead atoms. The summed E-state index contributed by atoms with van der Waals surface area (Å²) in [4.78, 5) is 18.2. The number of benzene rings is 1. The van der Waals surface area contributed by atoms with E-state index in [2.05, 4.69) is 18.8 Å². The number of aryl methyl sites for hydroxylation is 1. The SMILES string of the molecule is CCOC(=O)/C(=C/c1ccc(OC)cc1)c1nc(C(C)C)c(C)s1. The van der Waals surface area contributed by atoms with Crippen molar-refractivity contribution in [1.29, 1.82) is 0 Å². The second-order valence-corrected chi connectivity index (χ2v) is 6.87. The summed E-state index contributed by atoms with van der Waals surface area (Å²) in [6.45, 7) is 8.37. The second kappa shape index (κ2) is 8.11. The van der Waals surface area contributed by atoms with Gasteiger partial charge in [-0.3, -0.25) is 0 Å². The molecule has 0 aliphatic heterocycles. The van der Waals surface area contributed by atoms with Gasteiger partial charge in [-0.1, -0.05) is 26.0 Å². The summed E-state index contributed by atoms with van der Waals surface area (Å²) < 4.78 is 10.4. The number of hydrogen-bond acceptors (Lipinski definition) is 5. The first kappa shape index (κ1) is 18.2. The first-order valence-electron chi connectivity index (χ1n) is 7.96. The number of nitrogens with zero attached hydrogens (tertiary/aromatic N) is 1. The van der Waals surface area contributed by atoms with Crippen LogP contribution >= 0.6 is 11.3 Å². The van der Waals surface area contributed by atoms with E-state index in [4.69, 9.17) is 9.47 Å². The van der Waals surface area contributed by atoms with E-state index in [1.54, 1.807) is 14.0 Å². The van der Waals surface area contributed by atoms with Crippen molar-refractivity contribution in [2.24, 2.45) is 0 Å². The summed E-state index contributed by atoms with van der Waals surface area (Å²) >= 11 is 1.53. The zero-order valence-corrected chi connectivity index (χ0v) is 15.6. The third kappa shape index (κ3) is 4.23. The van der Waals surface area contributed by atoms with E-state index in [0.717, 1.165) is 21.9 Å². The van der Waals surface area contributed by atoms with E-state index < -0.39 is 0 Å². The molecule has 0 saturated carbocycles. The number of carbonyl (C=O) groups is 1. The fourth-order valence-electron chi connectivity index (χ4n) is 2.34. The van der Waals surface area contributed by atoms with Crippen LogP contribution in [0, 0.1) is 6.92 Å². The molecule has 2 aromatic rings. The van der Waals surface area contributed by atoms with Gasteiger partial charge in [-0.15, -0.1) is 11.3 Å². The van der Waals surface area contributed by atoms with Crippen molar-refractivity contribution in [1.82, 2.24) is 4.98 Å². The van der Waals surface area contributed by atoms with Crippen molar-refractivity contribution in [2.75, 3.05) is 13.7 Å². The number of thiazole rings is 1. The largest absolute Gasteiger partial charge is 0.497 e. The Morgan fingerprint density at radius 3 is 2.46 bits per heavy atom. The molecule has 24 heavy (non-hydrogen) atoms. The Bertz CT molecular complexity index is 730. The van der Waals surface area contributed by atoms with Crippen molar-refractivity contribution < 1.29 is 14.3 Å². The van der Waals surface area contributed by atoms with E-state index >= 15 is 0 Å². The molecule has 0 fully saturated rings. The maximum Gasteiger partial charge on any atom is 0.341 e. The number of methoxy groups -OCH3 is 1. The topological polar surface area (TPSA) is 48.4 Å². The van der Waals surface area contributed by atoms with Crippen LogP contribution < -0.4 is 4.74 Å². The molecule has 0 saturated heterocycles. The van der Waals surface area contributed by atoms with Gasteiger partial charge in [-0.2, -0.15) is 0 Å². The first-order valence-corrected chi connectivity index (χ1v) is 8.78. The Hall–Kier alpha value is -2.14. The van der Waals surface area contributed by atoms with Gasteiger partial charge in [-0.05, 0) is 43.5 Å². The molecular weight excluding hydrogens is 322 g/mol. The fourth-order valence-corrected chi connectivity index (χ4v) is 3.41. The van der Waals surface area contributed by atoms with Crippen molar-refractivity contribution >= 4 is 29.0 Å².